The summed E-state index contributed by atoms with van der Waals surface area (Å²) < 4.78 is 1.02. The van der Waals surface area contributed by atoms with Crippen LogP contribution in [0.4, 0.5) is 5.69 Å². The molecule has 0 atom stereocenters. The molecular formula is C17H14BrN3OS. The van der Waals surface area contributed by atoms with Crippen LogP contribution in [-0.2, 0) is 0 Å². The van der Waals surface area contributed by atoms with Crippen LogP contribution in [0.25, 0.3) is 10.7 Å². The number of thiazole rings is 1. The molecule has 2 heterocycles. The van der Waals surface area contributed by atoms with Crippen molar-refractivity contribution in [2.45, 2.75) is 13.8 Å². The van der Waals surface area contributed by atoms with Gasteiger partial charge in [-0.15, -0.1) is 11.3 Å². The molecule has 0 saturated carbocycles. The smallest absolute Gasteiger partial charge is 0.267 e. The van der Waals surface area contributed by atoms with Gasteiger partial charge in [0, 0.05) is 16.4 Å². The third kappa shape index (κ3) is 3.48. The van der Waals surface area contributed by atoms with E-state index < -0.39 is 0 Å². The summed E-state index contributed by atoms with van der Waals surface area (Å²) in [6.45, 7) is 3.82. The molecule has 0 aliphatic rings. The van der Waals surface area contributed by atoms with Gasteiger partial charge in [0.2, 0.25) is 0 Å². The number of hydrogen-bond donors (Lipinski definition) is 1. The number of nitrogens with one attached hydrogen (secondary N) is 1. The highest BCUT2D eigenvalue weighted by Crippen LogP contribution is 2.27. The van der Waals surface area contributed by atoms with Gasteiger partial charge in [-0.1, -0.05) is 22.0 Å². The lowest BCUT2D eigenvalue weighted by Gasteiger charge is -2.06. The molecule has 0 bridgehead atoms. The Morgan fingerprint density at radius 1 is 1.22 bits per heavy atom. The molecule has 0 aliphatic heterocycles. The number of benzene rings is 1. The molecule has 1 N–H and O–H groups in total. The van der Waals surface area contributed by atoms with Gasteiger partial charge in [-0.2, -0.15) is 0 Å². The summed E-state index contributed by atoms with van der Waals surface area (Å²) in [4.78, 5) is 21.8. The Morgan fingerprint density at radius 2 is 2.04 bits per heavy atom. The van der Waals surface area contributed by atoms with E-state index in [1.165, 1.54) is 11.3 Å². The minimum absolute atomic E-state index is 0.149. The van der Waals surface area contributed by atoms with Crippen molar-refractivity contribution in [1.29, 1.82) is 0 Å². The van der Waals surface area contributed by atoms with Crippen molar-refractivity contribution in [3.63, 3.8) is 0 Å². The number of anilines is 1. The summed E-state index contributed by atoms with van der Waals surface area (Å²) in [5, 5.41) is 3.67. The van der Waals surface area contributed by atoms with Crippen LogP contribution in [-0.4, -0.2) is 15.9 Å². The van der Waals surface area contributed by atoms with Gasteiger partial charge in [-0.25, -0.2) is 4.98 Å². The third-order valence-electron chi connectivity index (χ3n) is 3.30. The van der Waals surface area contributed by atoms with Crippen molar-refractivity contribution in [3.8, 4) is 10.7 Å². The summed E-state index contributed by atoms with van der Waals surface area (Å²) >= 11 is 4.81. The summed E-state index contributed by atoms with van der Waals surface area (Å²) in [5.74, 6) is -0.149. The van der Waals surface area contributed by atoms with E-state index >= 15 is 0 Å². The SMILES string of the molecule is Cc1cc(NC(=O)c2sc(-c3ccccn3)nc2C)ccc1Br. The highest BCUT2D eigenvalue weighted by atomic mass is 79.9. The fourth-order valence-electron chi connectivity index (χ4n) is 2.12. The van der Waals surface area contributed by atoms with Crippen molar-refractivity contribution in [2.75, 3.05) is 5.32 Å². The lowest BCUT2D eigenvalue weighted by molar-refractivity contribution is 0.103. The van der Waals surface area contributed by atoms with Gasteiger partial charge in [0.1, 0.15) is 9.88 Å². The van der Waals surface area contributed by atoms with Crippen LogP contribution < -0.4 is 5.32 Å². The first-order chi connectivity index (χ1) is 11.0. The Morgan fingerprint density at radius 3 is 2.74 bits per heavy atom. The fourth-order valence-corrected chi connectivity index (χ4v) is 3.30. The summed E-state index contributed by atoms with van der Waals surface area (Å²) in [5.41, 5.74) is 3.32. The molecule has 6 heteroatoms. The molecule has 2 aromatic heterocycles. The normalized spacial score (nSPS) is 10.6. The quantitative estimate of drug-likeness (QED) is 0.699. The topological polar surface area (TPSA) is 54.9 Å². The summed E-state index contributed by atoms with van der Waals surface area (Å²) in [6.07, 6.45) is 1.72. The summed E-state index contributed by atoms with van der Waals surface area (Å²) in [6, 6.07) is 11.4. The first-order valence-electron chi connectivity index (χ1n) is 7.01. The number of carbonyl (C=O) groups is 1. The van der Waals surface area contributed by atoms with E-state index in [2.05, 4.69) is 31.2 Å². The average molecular weight is 388 g/mol. The van der Waals surface area contributed by atoms with E-state index in [1.807, 2.05) is 50.2 Å². The maximum absolute atomic E-state index is 12.5. The molecule has 0 spiro atoms. The zero-order chi connectivity index (χ0) is 16.4. The Balaban J connectivity index is 1.85. The molecule has 0 aliphatic carbocycles. The van der Waals surface area contributed by atoms with Crippen molar-refractivity contribution in [2.24, 2.45) is 0 Å². The minimum Gasteiger partial charge on any atom is -0.321 e. The van der Waals surface area contributed by atoms with Crippen LogP contribution in [0.1, 0.15) is 20.9 Å². The number of pyridine rings is 1. The molecule has 1 amide bonds. The highest BCUT2D eigenvalue weighted by molar-refractivity contribution is 9.10. The second kappa shape index (κ2) is 6.60. The largest absolute Gasteiger partial charge is 0.321 e. The maximum Gasteiger partial charge on any atom is 0.267 e. The van der Waals surface area contributed by atoms with Gasteiger partial charge < -0.3 is 5.32 Å². The number of aromatic nitrogens is 2. The van der Waals surface area contributed by atoms with Crippen LogP contribution in [0.5, 0.6) is 0 Å². The van der Waals surface area contributed by atoms with E-state index in [4.69, 9.17) is 0 Å². The number of halogens is 1. The van der Waals surface area contributed by atoms with Crippen molar-refractivity contribution < 1.29 is 4.79 Å². The van der Waals surface area contributed by atoms with Crippen molar-refractivity contribution >= 4 is 38.9 Å². The number of amides is 1. The number of rotatable bonds is 3. The third-order valence-corrected chi connectivity index (χ3v) is 5.37. The number of carbonyl (C=O) groups excluding carboxylic acids is 1. The predicted octanol–water partition coefficient (Wildman–Crippen LogP) is 4.84. The Kier molecular flexibility index (Phi) is 4.54. The molecule has 0 fully saturated rings. The van der Waals surface area contributed by atoms with Crippen LogP contribution >= 0.6 is 27.3 Å². The van der Waals surface area contributed by atoms with Crippen LogP contribution in [0.2, 0.25) is 0 Å². The molecule has 0 saturated heterocycles. The first-order valence-corrected chi connectivity index (χ1v) is 8.62. The van der Waals surface area contributed by atoms with Gasteiger partial charge >= 0.3 is 0 Å². The van der Waals surface area contributed by atoms with Gasteiger partial charge in [-0.3, -0.25) is 9.78 Å². The molecule has 4 nitrogen and oxygen atoms in total. The van der Waals surface area contributed by atoms with Gasteiger partial charge in [0.25, 0.3) is 5.91 Å². The van der Waals surface area contributed by atoms with Gasteiger partial charge in [0.15, 0.2) is 0 Å². The molecular weight excluding hydrogens is 374 g/mol. The molecule has 1 aromatic carbocycles. The van der Waals surface area contributed by atoms with Crippen LogP contribution in [0.3, 0.4) is 0 Å². The molecule has 116 valence electrons. The molecule has 0 unspecified atom stereocenters. The lowest BCUT2D eigenvalue weighted by Crippen LogP contribution is -2.11. The zero-order valence-corrected chi connectivity index (χ0v) is 15.0. The van der Waals surface area contributed by atoms with Crippen molar-refractivity contribution in [3.05, 3.63) is 63.2 Å². The maximum atomic E-state index is 12.5. The number of nitrogens with zero attached hydrogens (tertiary/aromatic N) is 2. The molecule has 3 rings (SSSR count). The van der Waals surface area contributed by atoms with Gasteiger partial charge in [-0.05, 0) is 49.7 Å². The first kappa shape index (κ1) is 15.8. The number of aryl methyl sites for hydroxylation is 2. The Hall–Kier alpha value is -2.05. The van der Waals surface area contributed by atoms with Crippen LogP contribution in [0.15, 0.2) is 47.1 Å². The Bertz CT molecular complexity index is 862. The second-order valence-corrected chi connectivity index (χ2v) is 6.92. The van der Waals surface area contributed by atoms with E-state index in [9.17, 15) is 4.79 Å². The standard InChI is InChI=1S/C17H14BrN3OS/c1-10-9-12(6-7-13(10)18)21-16(22)15-11(2)20-17(23-15)14-5-3-4-8-19-14/h3-9H,1-2H3,(H,21,22). The summed E-state index contributed by atoms with van der Waals surface area (Å²) in [7, 11) is 0. The highest BCUT2D eigenvalue weighted by Gasteiger charge is 2.17. The predicted molar refractivity (Wildman–Crippen MR) is 96.9 cm³/mol. The van der Waals surface area contributed by atoms with Crippen LogP contribution in [0, 0.1) is 13.8 Å². The molecule has 0 radical (unpaired) electrons. The second-order valence-electron chi connectivity index (χ2n) is 5.07. The monoisotopic (exact) mass is 387 g/mol. The van der Waals surface area contributed by atoms with Crippen molar-refractivity contribution in [1.82, 2.24) is 9.97 Å². The fraction of sp³-hybridized carbons (Fsp3) is 0.118. The Labute approximate surface area is 146 Å². The zero-order valence-electron chi connectivity index (χ0n) is 12.6. The molecule has 23 heavy (non-hydrogen) atoms. The van der Waals surface area contributed by atoms with E-state index in [0.717, 1.165) is 26.4 Å². The van der Waals surface area contributed by atoms with Gasteiger partial charge in [0.05, 0.1) is 11.4 Å². The minimum atomic E-state index is -0.149. The van der Waals surface area contributed by atoms with E-state index in [1.54, 1.807) is 6.20 Å². The van der Waals surface area contributed by atoms with E-state index in [-0.39, 0.29) is 5.91 Å². The lowest BCUT2D eigenvalue weighted by atomic mass is 10.2. The number of hydrogen-bond acceptors (Lipinski definition) is 4. The molecule has 3 aromatic rings. The van der Waals surface area contributed by atoms with E-state index in [0.29, 0.717) is 10.6 Å². The average Bonchev–Trinajstić information content (AvgIpc) is 2.94.